The molecule has 1 saturated heterocycles. The number of aliphatic hydroxyl groups is 1. The van der Waals surface area contributed by atoms with E-state index in [2.05, 4.69) is 34.2 Å². The minimum absolute atomic E-state index is 0.305. The van der Waals surface area contributed by atoms with Crippen LogP contribution >= 0.6 is 0 Å². The number of amides is 2. The quantitative estimate of drug-likeness (QED) is 0.436. The van der Waals surface area contributed by atoms with E-state index in [1.54, 1.807) is 31.4 Å². The Morgan fingerprint density at radius 2 is 1.71 bits per heavy atom. The third-order valence-corrected chi connectivity index (χ3v) is 6.07. The van der Waals surface area contributed by atoms with Gasteiger partial charge in [0.1, 0.15) is 6.61 Å². The van der Waals surface area contributed by atoms with Gasteiger partial charge in [-0.05, 0) is 48.4 Å². The van der Waals surface area contributed by atoms with Gasteiger partial charge in [0, 0.05) is 57.5 Å². The van der Waals surface area contributed by atoms with Gasteiger partial charge in [0.15, 0.2) is 11.8 Å². The molecule has 1 aliphatic rings. The number of likely N-dealkylation sites (tertiary alicyclic amines) is 1. The van der Waals surface area contributed by atoms with E-state index in [0.29, 0.717) is 11.7 Å². The average Bonchev–Trinajstić information content (AvgIpc) is 3.35. The van der Waals surface area contributed by atoms with E-state index in [1.807, 2.05) is 12.1 Å². The lowest BCUT2D eigenvalue weighted by Gasteiger charge is -2.25. The van der Waals surface area contributed by atoms with Gasteiger partial charge in [-0.25, -0.2) is 0 Å². The summed E-state index contributed by atoms with van der Waals surface area (Å²) >= 11 is 0. The van der Waals surface area contributed by atoms with Crippen LogP contribution in [0.4, 0.5) is 0 Å². The summed E-state index contributed by atoms with van der Waals surface area (Å²) in [5.74, 6) is 4.29. The SMILES string of the molecule is CNC(=O)C(C(=O)CO)N(C)C(=O)c1ccc(C#Cc2ccc(CN3CCC(OC)C3)cc2)cc1. The number of methoxy groups -OCH3 is 1. The molecule has 2 atom stereocenters. The van der Waals surface area contributed by atoms with Crippen molar-refractivity contribution in [1.29, 1.82) is 0 Å². The number of nitrogens with one attached hydrogen (secondary N) is 1. The molecule has 0 radical (unpaired) electrons. The molecular formula is C27H31N3O5. The van der Waals surface area contributed by atoms with E-state index in [0.717, 1.165) is 42.1 Å². The lowest BCUT2D eigenvalue weighted by Crippen LogP contribution is -2.52. The monoisotopic (exact) mass is 477 g/mol. The Labute approximate surface area is 205 Å². The van der Waals surface area contributed by atoms with Crippen molar-refractivity contribution in [3.8, 4) is 11.8 Å². The first-order chi connectivity index (χ1) is 16.9. The van der Waals surface area contributed by atoms with Crippen LogP contribution in [0.1, 0.15) is 33.5 Å². The van der Waals surface area contributed by atoms with Crippen molar-refractivity contribution in [2.75, 3.05) is 40.9 Å². The van der Waals surface area contributed by atoms with Gasteiger partial charge in [0.05, 0.1) is 6.10 Å². The van der Waals surface area contributed by atoms with Crippen LogP contribution < -0.4 is 5.32 Å². The fourth-order valence-corrected chi connectivity index (χ4v) is 4.01. The molecule has 2 amide bonds. The van der Waals surface area contributed by atoms with Gasteiger partial charge in [-0.3, -0.25) is 19.3 Å². The molecule has 0 saturated carbocycles. The second kappa shape index (κ2) is 12.3. The van der Waals surface area contributed by atoms with E-state index in [1.165, 1.54) is 19.7 Å². The standard InChI is InChI=1S/C27H31N3O5/c1-28-26(33)25(24(32)18-31)29(2)27(34)22-12-10-20(11-13-22)5-4-19-6-8-21(9-7-19)16-30-15-14-23(17-30)35-3/h6-13,23,25,31H,14-18H2,1-3H3,(H,28,33). The number of ether oxygens (including phenoxy) is 1. The van der Waals surface area contributed by atoms with E-state index in [-0.39, 0.29) is 0 Å². The zero-order chi connectivity index (χ0) is 25.4. The zero-order valence-corrected chi connectivity index (χ0v) is 20.3. The summed E-state index contributed by atoms with van der Waals surface area (Å²) in [4.78, 5) is 40.2. The molecule has 0 bridgehead atoms. The fourth-order valence-electron chi connectivity index (χ4n) is 4.01. The van der Waals surface area contributed by atoms with Crippen LogP contribution in [-0.2, 0) is 20.9 Å². The van der Waals surface area contributed by atoms with Gasteiger partial charge in [-0.2, -0.15) is 0 Å². The van der Waals surface area contributed by atoms with Crippen LogP contribution in [0, 0.1) is 11.8 Å². The topological polar surface area (TPSA) is 99.2 Å². The van der Waals surface area contributed by atoms with Gasteiger partial charge >= 0.3 is 0 Å². The predicted molar refractivity (Wildman–Crippen MR) is 132 cm³/mol. The number of Topliss-reactive ketones (excluding diaryl/α,β-unsaturated/α-hetero) is 1. The van der Waals surface area contributed by atoms with Crippen LogP contribution in [0.2, 0.25) is 0 Å². The number of aliphatic hydroxyl groups excluding tert-OH is 1. The summed E-state index contributed by atoms with van der Waals surface area (Å²) in [6.45, 7) is 2.05. The van der Waals surface area contributed by atoms with Crippen molar-refractivity contribution in [2.45, 2.75) is 25.1 Å². The first-order valence-electron chi connectivity index (χ1n) is 11.4. The first-order valence-corrected chi connectivity index (χ1v) is 11.4. The van der Waals surface area contributed by atoms with Crippen molar-refractivity contribution in [3.05, 3.63) is 70.8 Å². The number of ketones is 1. The van der Waals surface area contributed by atoms with Gasteiger partial charge in [-0.15, -0.1) is 0 Å². The number of hydrogen-bond acceptors (Lipinski definition) is 6. The molecule has 0 aromatic heterocycles. The first kappa shape index (κ1) is 26.1. The van der Waals surface area contributed by atoms with Crippen LogP contribution in [0.25, 0.3) is 0 Å². The minimum Gasteiger partial charge on any atom is -0.388 e. The summed E-state index contributed by atoms with van der Waals surface area (Å²) < 4.78 is 5.42. The molecule has 3 rings (SSSR count). The highest BCUT2D eigenvalue weighted by atomic mass is 16.5. The van der Waals surface area contributed by atoms with E-state index >= 15 is 0 Å². The van der Waals surface area contributed by atoms with E-state index in [9.17, 15) is 14.4 Å². The molecule has 8 heteroatoms. The maximum atomic E-state index is 12.8. The highest BCUT2D eigenvalue weighted by Crippen LogP contribution is 2.16. The number of carbonyl (C=O) groups excluding carboxylic acids is 3. The van der Waals surface area contributed by atoms with Crippen molar-refractivity contribution in [2.24, 2.45) is 0 Å². The number of hydrogen-bond donors (Lipinski definition) is 2. The second-order valence-corrected chi connectivity index (χ2v) is 8.46. The van der Waals surface area contributed by atoms with Crippen molar-refractivity contribution >= 4 is 17.6 Å². The van der Waals surface area contributed by atoms with E-state index < -0.39 is 30.2 Å². The molecule has 1 heterocycles. The molecule has 2 unspecified atom stereocenters. The smallest absolute Gasteiger partial charge is 0.254 e. The molecule has 2 aromatic carbocycles. The summed E-state index contributed by atoms with van der Waals surface area (Å²) in [5.41, 5.74) is 3.15. The summed E-state index contributed by atoms with van der Waals surface area (Å²) in [6.07, 6.45) is 1.39. The molecule has 184 valence electrons. The molecule has 35 heavy (non-hydrogen) atoms. The number of nitrogens with zero attached hydrogens (tertiary/aromatic N) is 2. The zero-order valence-electron chi connectivity index (χ0n) is 20.3. The Balaban J connectivity index is 1.62. The summed E-state index contributed by atoms with van der Waals surface area (Å²) in [5, 5.41) is 11.5. The maximum absolute atomic E-state index is 12.8. The molecule has 1 fully saturated rings. The molecule has 2 aromatic rings. The highest BCUT2D eigenvalue weighted by molar-refractivity contribution is 6.10. The summed E-state index contributed by atoms with van der Waals surface area (Å²) in [7, 11) is 4.48. The van der Waals surface area contributed by atoms with Crippen LogP contribution in [0.3, 0.4) is 0 Å². The molecule has 2 N–H and O–H groups in total. The molecular weight excluding hydrogens is 446 g/mol. The Morgan fingerprint density at radius 3 is 2.23 bits per heavy atom. The highest BCUT2D eigenvalue weighted by Gasteiger charge is 2.32. The predicted octanol–water partition coefficient (Wildman–Crippen LogP) is 1.06. The third-order valence-electron chi connectivity index (χ3n) is 6.07. The number of benzene rings is 2. The number of likely N-dealkylation sites (N-methyl/N-ethyl adjacent to an activating group) is 2. The van der Waals surface area contributed by atoms with Crippen LogP contribution in [0.5, 0.6) is 0 Å². The van der Waals surface area contributed by atoms with Gasteiger partial charge < -0.3 is 20.1 Å². The largest absolute Gasteiger partial charge is 0.388 e. The minimum atomic E-state index is -1.40. The van der Waals surface area contributed by atoms with E-state index in [4.69, 9.17) is 9.84 Å². The third kappa shape index (κ3) is 6.76. The Bertz CT molecular complexity index is 1090. The second-order valence-electron chi connectivity index (χ2n) is 8.46. The van der Waals surface area contributed by atoms with Crippen LogP contribution in [0.15, 0.2) is 48.5 Å². The Morgan fingerprint density at radius 1 is 1.11 bits per heavy atom. The molecule has 1 aliphatic heterocycles. The van der Waals surface area contributed by atoms with Gasteiger partial charge in [0.2, 0.25) is 5.91 Å². The maximum Gasteiger partial charge on any atom is 0.254 e. The lowest BCUT2D eigenvalue weighted by atomic mass is 10.1. The molecule has 0 spiro atoms. The molecule has 0 aliphatic carbocycles. The Kier molecular flexibility index (Phi) is 9.15. The van der Waals surface area contributed by atoms with Crippen molar-refractivity contribution < 1.29 is 24.2 Å². The van der Waals surface area contributed by atoms with Gasteiger partial charge in [-0.1, -0.05) is 24.0 Å². The Hall–Kier alpha value is -3.51. The van der Waals surface area contributed by atoms with Crippen molar-refractivity contribution in [1.82, 2.24) is 15.1 Å². The number of carbonyl (C=O) groups is 3. The normalized spacial score (nSPS) is 16.2. The summed E-state index contributed by atoms with van der Waals surface area (Å²) in [6, 6.07) is 13.4. The molecule has 8 nitrogen and oxygen atoms in total. The van der Waals surface area contributed by atoms with Gasteiger partial charge in [0.25, 0.3) is 5.91 Å². The average molecular weight is 478 g/mol. The van der Waals surface area contributed by atoms with Crippen LogP contribution in [-0.4, -0.2) is 85.6 Å². The van der Waals surface area contributed by atoms with Crippen molar-refractivity contribution in [3.63, 3.8) is 0 Å². The lowest BCUT2D eigenvalue weighted by molar-refractivity contribution is -0.135. The number of rotatable bonds is 8. The fraction of sp³-hybridized carbons (Fsp3) is 0.370.